The first-order valence-corrected chi connectivity index (χ1v) is 13.0. The third-order valence-electron chi connectivity index (χ3n) is 5.16. The number of hydrogen-bond acceptors (Lipinski definition) is 7. The van der Waals surface area contributed by atoms with Crippen molar-refractivity contribution in [3.05, 3.63) is 65.7 Å². The van der Waals surface area contributed by atoms with E-state index in [0.717, 1.165) is 37.0 Å². The van der Waals surface area contributed by atoms with Crippen LogP contribution in [0.15, 0.2) is 58.9 Å². The Hall–Kier alpha value is -2.71. The molecule has 3 aromatic rings. The zero-order valence-corrected chi connectivity index (χ0v) is 20.6. The Morgan fingerprint density at radius 3 is 2.52 bits per heavy atom. The van der Waals surface area contributed by atoms with Crippen molar-refractivity contribution < 1.29 is 14.3 Å². The highest BCUT2D eigenvalue weighted by Crippen LogP contribution is 2.27. The standard InChI is InChI=1S/C25H29N3O3S2/c1-3-5-11-19(4-2)23(30)26-24-27-28-25(33-24)32-17-22(29)20-12-14-21(15-13-20)31-16-18-9-7-6-8-10-18/h6-10,12-15,19H,3-5,11,16-17H2,1-2H3,(H,26,27,30). The van der Waals surface area contributed by atoms with Crippen molar-refractivity contribution in [3.63, 3.8) is 0 Å². The molecule has 0 aliphatic heterocycles. The fourth-order valence-electron chi connectivity index (χ4n) is 3.19. The first-order valence-electron chi connectivity index (χ1n) is 11.2. The van der Waals surface area contributed by atoms with E-state index in [2.05, 4.69) is 22.4 Å². The summed E-state index contributed by atoms with van der Waals surface area (Å²) in [6.45, 7) is 4.63. The minimum absolute atomic E-state index is 0.000933. The molecule has 1 N–H and O–H groups in total. The smallest absolute Gasteiger partial charge is 0.229 e. The molecule has 6 nitrogen and oxygen atoms in total. The van der Waals surface area contributed by atoms with Gasteiger partial charge in [-0.3, -0.25) is 9.59 Å². The molecule has 0 saturated carbocycles. The van der Waals surface area contributed by atoms with Crippen LogP contribution in [0, 0.1) is 5.92 Å². The summed E-state index contributed by atoms with van der Waals surface area (Å²) < 4.78 is 6.42. The molecular formula is C25H29N3O3S2. The molecular weight excluding hydrogens is 454 g/mol. The van der Waals surface area contributed by atoms with E-state index in [1.54, 1.807) is 12.1 Å². The van der Waals surface area contributed by atoms with Gasteiger partial charge >= 0.3 is 0 Å². The molecule has 174 valence electrons. The van der Waals surface area contributed by atoms with Gasteiger partial charge in [0.1, 0.15) is 12.4 Å². The number of nitrogens with zero attached hydrogens (tertiary/aromatic N) is 2. The third kappa shape index (κ3) is 7.98. The molecule has 0 saturated heterocycles. The summed E-state index contributed by atoms with van der Waals surface area (Å²) in [5.74, 6) is 0.953. The van der Waals surface area contributed by atoms with E-state index < -0.39 is 0 Å². The Labute approximate surface area is 203 Å². The van der Waals surface area contributed by atoms with Crippen molar-refractivity contribution in [2.24, 2.45) is 5.92 Å². The summed E-state index contributed by atoms with van der Waals surface area (Å²) in [5.41, 5.74) is 1.71. The first kappa shape index (κ1) is 24.9. The van der Waals surface area contributed by atoms with Crippen LogP contribution in [0.3, 0.4) is 0 Å². The Morgan fingerprint density at radius 2 is 1.82 bits per heavy atom. The molecule has 3 rings (SSSR count). The number of anilines is 1. The molecule has 0 bridgehead atoms. The fourth-order valence-corrected chi connectivity index (χ4v) is 4.84. The maximum absolute atomic E-state index is 12.5. The maximum Gasteiger partial charge on any atom is 0.229 e. The molecule has 33 heavy (non-hydrogen) atoms. The Morgan fingerprint density at radius 1 is 1.06 bits per heavy atom. The van der Waals surface area contributed by atoms with Gasteiger partial charge in [-0.2, -0.15) is 0 Å². The van der Waals surface area contributed by atoms with Crippen LogP contribution in [0.5, 0.6) is 5.75 Å². The largest absolute Gasteiger partial charge is 0.489 e. The van der Waals surface area contributed by atoms with Crippen molar-refractivity contribution in [2.75, 3.05) is 11.1 Å². The van der Waals surface area contributed by atoms with Gasteiger partial charge in [-0.25, -0.2) is 0 Å². The molecule has 1 unspecified atom stereocenters. The number of hydrogen-bond donors (Lipinski definition) is 1. The van der Waals surface area contributed by atoms with Gasteiger partial charge in [0.25, 0.3) is 0 Å². The highest BCUT2D eigenvalue weighted by atomic mass is 32.2. The average Bonchev–Trinajstić information content (AvgIpc) is 3.30. The Kier molecular flexibility index (Phi) is 9.90. The average molecular weight is 484 g/mol. The predicted octanol–water partition coefficient (Wildman–Crippen LogP) is 6.25. The second-order valence-electron chi connectivity index (χ2n) is 7.62. The Bertz CT molecular complexity index is 1020. The molecule has 0 aliphatic carbocycles. The van der Waals surface area contributed by atoms with Crippen molar-refractivity contribution in [1.82, 2.24) is 10.2 Å². The molecule has 1 atom stereocenters. The number of benzene rings is 2. The van der Waals surface area contributed by atoms with Crippen LogP contribution in [0.1, 0.15) is 55.5 Å². The summed E-state index contributed by atoms with van der Waals surface area (Å²) >= 11 is 2.62. The van der Waals surface area contributed by atoms with Crippen LogP contribution in [0.2, 0.25) is 0 Å². The molecule has 0 spiro atoms. The number of amides is 1. The minimum atomic E-state index is -0.00991. The summed E-state index contributed by atoms with van der Waals surface area (Å²) in [4.78, 5) is 25.0. The van der Waals surface area contributed by atoms with E-state index >= 15 is 0 Å². The molecule has 2 aromatic carbocycles. The summed E-state index contributed by atoms with van der Waals surface area (Å²) in [7, 11) is 0. The number of ketones is 1. The quantitative estimate of drug-likeness (QED) is 0.176. The van der Waals surface area contributed by atoms with Crippen LogP contribution in [-0.2, 0) is 11.4 Å². The van der Waals surface area contributed by atoms with Crippen LogP contribution >= 0.6 is 23.1 Å². The first-order chi connectivity index (χ1) is 16.1. The zero-order valence-electron chi connectivity index (χ0n) is 19.0. The summed E-state index contributed by atoms with van der Waals surface area (Å²) in [5, 5.41) is 11.5. The van der Waals surface area contributed by atoms with Crippen molar-refractivity contribution in [3.8, 4) is 5.75 Å². The summed E-state index contributed by atoms with van der Waals surface area (Å²) in [6.07, 6.45) is 3.78. The van der Waals surface area contributed by atoms with Gasteiger partial charge in [0, 0.05) is 11.5 Å². The van der Waals surface area contributed by atoms with Crippen molar-refractivity contribution >= 4 is 39.9 Å². The van der Waals surface area contributed by atoms with Gasteiger partial charge < -0.3 is 10.1 Å². The molecule has 0 radical (unpaired) electrons. The van der Waals surface area contributed by atoms with E-state index in [9.17, 15) is 9.59 Å². The van der Waals surface area contributed by atoms with Crippen LogP contribution < -0.4 is 10.1 Å². The number of rotatable bonds is 13. The molecule has 1 heterocycles. The van der Waals surface area contributed by atoms with Crippen molar-refractivity contribution in [2.45, 2.75) is 50.5 Å². The lowest BCUT2D eigenvalue weighted by atomic mass is 9.99. The second kappa shape index (κ2) is 13.1. The van der Waals surface area contributed by atoms with Gasteiger partial charge in [-0.05, 0) is 42.7 Å². The number of carbonyl (C=O) groups excluding carboxylic acids is 2. The molecule has 1 aromatic heterocycles. The lowest BCUT2D eigenvalue weighted by Crippen LogP contribution is -2.22. The van der Waals surface area contributed by atoms with Crippen LogP contribution in [0.4, 0.5) is 5.13 Å². The maximum atomic E-state index is 12.5. The zero-order chi connectivity index (χ0) is 23.5. The molecule has 0 aliphatic rings. The highest BCUT2D eigenvalue weighted by Gasteiger charge is 2.18. The van der Waals surface area contributed by atoms with Gasteiger partial charge in [0.05, 0.1) is 5.75 Å². The summed E-state index contributed by atoms with van der Waals surface area (Å²) in [6, 6.07) is 17.1. The second-order valence-corrected chi connectivity index (χ2v) is 9.82. The number of carbonyl (C=O) groups is 2. The topological polar surface area (TPSA) is 81.2 Å². The minimum Gasteiger partial charge on any atom is -0.489 e. The van der Waals surface area contributed by atoms with Gasteiger partial charge in [0.2, 0.25) is 11.0 Å². The SMILES string of the molecule is CCCCC(CC)C(=O)Nc1nnc(SCC(=O)c2ccc(OCc3ccccc3)cc2)s1. The fraction of sp³-hybridized carbons (Fsp3) is 0.360. The van der Waals surface area contributed by atoms with Crippen molar-refractivity contribution in [1.29, 1.82) is 0 Å². The van der Waals surface area contributed by atoms with E-state index in [0.29, 0.717) is 21.6 Å². The lowest BCUT2D eigenvalue weighted by Gasteiger charge is -2.12. The molecule has 0 fully saturated rings. The normalized spacial score (nSPS) is 11.7. The van der Waals surface area contributed by atoms with E-state index in [-0.39, 0.29) is 23.4 Å². The molecule has 1 amide bonds. The van der Waals surface area contributed by atoms with Crippen LogP contribution in [0.25, 0.3) is 0 Å². The van der Waals surface area contributed by atoms with Gasteiger partial charge in [0.15, 0.2) is 10.1 Å². The predicted molar refractivity (Wildman–Crippen MR) is 134 cm³/mol. The number of unbranched alkanes of at least 4 members (excludes halogenated alkanes) is 1. The van der Waals surface area contributed by atoms with E-state index in [4.69, 9.17) is 4.74 Å². The molecule has 8 heteroatoms. The number of Topliss-reactive ketones (excluding diaryl/α,β-unsaturated/α-hetero) is 1. The number of thioether (sulfide) groups is 1. The van der Waals surface area contributed by atoms with E-state index in [1.165, 1.54) is 23.1 Å². The van der Waals surface area contributed by atoms with E-state index in [1.807, 2.05) is 49.4 Å². The lowest BCUT2D eigenvalue weighted by molar-refractivity contribution is -0.120. The van der Waals surface area contributed by atoms with Crippen LogP contribution in [-0.4, -0.2) is 27.6 Å². The van der Waals surface area contributed by atoms with Gasteiger partial charge in [-0.15, -0.1) is 10.2 Å². The monoisotopic (exact) mass is 483 g/mol. The number of nitrogens with one attached hydrogen (secondary N) is 1. The number of ether oxygens (including phenoxy) is 1. The Balaban J connectivity index is 1.46. The number of aromatic nitrogens is 2. The highest BCUT2D eigenvalue weighted by molar-refractivity contribution is 8.01. The third-order valence-corrected chi connectivity index (χ3v) is 7.13. The van der Waals surface area contributed by atoms with Gasteiger partial charge in [-0.1, -0.05) is 80.1 Å².